The minimum absolute atomic E-state index is 0.00232. The molecule has 2 aromatic carbocycles. The zero-order valence-corrected chi connectivity index (χ0v) is 20.1. The van der Waals surface area contributed by atoms with Crippen LogP contribution in [-0.4, -0.2) is 42.9 Å². The molecule has 1 saturated heterocycles. The zero-order chi connectivity index (χ0) is 22.8. The van der Waals surface area contributed by atoms with Crippen LogP contribution in [0.1, 0.15) is 42.5 Å². The van der Waals surface area contributed by atoms with E-state index in [1.54, 1.807) is 11.8 Å². The monoisotopic (exact) mass is 463 g/mol. The van der Waals surface area contributed by atoms with Crippen molar-refractivity contribution >= 4 is 27.3 Å². The predicted molar refractivity (Wildman–Crippen MR) is 124 cm³/mol. The average Bonchev–Trinajstić information content (AvgIpc) is 3.09. The number of sulfone groups is 1. The van der Waals surface area contributed by atoms with Gasteiger partial charge in [0, 0.05) is 17.6 Å². The summed E-state index contributed by atoms with van der Waals surface area (Å²) in [6, 6.07) is 11.4. The molecule has 5 nitrogen and oxygen atoms in total. The van der Waals surface area contributed by atoms with E-state index in [9.17, 15) is 13.2 Å². The van der Waals surface area contributed by atoms with Gasteiger partial charge in [0.1, 0.15) is 5.75 Å². The van der Waals surface area contributed by atoms with Crippen molar-refractivity contribution in [2.75, 3.05) is 11.5 Å². The van der Waals surface area contributed by atoms with Crippen molar-refractivity contribution in [3.05, 3.63) is 63.7 Å². The number of ether oxygens (including phenoxy) is 1. The van der Waals surface area contributed by atoms with E-state index in [2.05, 4.69) is 6.92 Å². The molecule has 2 atom stereocenters. The first-order valence-electron chi connectivity index (χ1n) is 10.6. The van der Waals surface area contributed by atoms with Gasteiger partial charge in [-0.25, -0.2) is 8.42 Å². The van der Waals surface area contributed by atoms with Gasteiger partial charge in [0.2, 0.25) is 0 Å². The van der Waals surface area contributed by atoms with Gasteiger partial charge in [-0.3, -0.25) is 4.79 Å². The summed E-state index contributed by atoms with van der Waals surface area (Å²) in [5.74, 6) is 0.470. The maximum atomic E-state index is 13.4. The summed E-state index contributed by atoms with van der Waals surface area (Å²) < 4.78 is 30.1. The molecule has 2 aromatic rings. The third-order valence-corrected chi connectivity index (χ3v) is 8.13. The lowest BCUT2D eigenvalue weighted by molar-refractivity contribution is -0.140. The van der Waals surface area contributed by atoms with Crippen molar-refractivity contribution in [1.29, 1.82) is 0 Å². The highest BCUT2D eigenvalue weighted by Crippen LogP contribution is 2.27. The summed E-state index contributed by atoms with van der Waals surface area (Å²) in [6.45, 7) is 7.94. The van der Waals surface area contributed by atoms with E-state index in [4.69, 9.17) is 16.3 Å². The number of amides is 1. The molecule has 0 aliphatic carbocycles. The van der Waals surface area contributed by atoms with Gasteiger partial charge in [-0.1, -0.05) is 42.8 Å². The fourth-order valence-corrected chi connectivity index (χ4v) is 5.79. The first-order chi connectivity index (χ1) is 14.6. The first-order valence-corrected chi connectivity index (χ1v) is 12.8. The number of nitrogens with zero attached hydrogens (tertiary/aromatic N) is 1. The zero-order valence-electron chi connectivity index (χ0n) is 18.5. The lowest BCUT2D eigenvalue weighted by Gasteiger charge is -2.31. The van der Waals surface area contributed by atoms with E-state index in [1.807, 2.05) is 50.2 Å². The van der Waals surface area contributed by atoms with Gasteiger partial charge in [0.15, 0.2) is 15.9 Å². The molecular weight excluding hydrogens is 434 g/mol. The molecule has 31 heavy (non-hydrogen) atoms. The van der Waals surface area contributed by atoms with Gasteiger partial charge < -0.3 is 9.64 Å². The van der Waals surface area contributed by atoms with E-state index in [1.165, 1.54) is 5.56 Å². The molecule has 0 aromatic heterocycles. The van der Waals surface area contributed by atoms with Crippen LogP contribution in [0, 0.1) is 13.8 Å². The number of rotatable bonds is 7. The normalized spacial score (nSPS) is 18.5. The van der Waals surface area contributed by atoms with E-state index >= 15 is 0 Å². The fraction of sp³-hybridized carbons (Fsp3) is 0.458. The highest BCUT2D eigenvalue weighted by Gasteiger charge is 2.36. The van der Waals surface area contributed by atoms with E-state index < -0.39 is 15.9 Å². The molecule has 0 radical (unpaired) electrons. The van der Waals surface area contributed by atoms with E-state index in [0.29, 0.717) is 23.7 Å². The van der Waals surface area contributed by atoms with Crippen LogP contribution < -0.4 is 4.74 Å². The summed E-state index contributed by atoms with van der Waals surface area (Å²) in [7, 11) is -3.13. The fourth-order valence-electron chi connectivity index (χ4n) is 3.95. The molecule has 3 rings (SSSR count). The minimum atomic E-state index is -3.13. The lowest BCUT2D eigenvalue weighted by atomic mass is 10.1. The second-order valence-corrected chi connectivity index (χ2v) is 10.9. The highest BCUT2D eigenvalue weighted by atomic mass is 35.5. The van der Waals surface area contributed by atoms with Crippen LogP contribution in [0.5, 0.6) is 5.75 Å². The van der Waals surface area contributed by atoms with Gasteiger partial charge in [-0.05, 0) is 68.0 Å². The first kappa shape index (κ1) is 23.6. The number of carbonyl (C=O) groups is 1. The lowest BCUT2D eigenvalue weighted by Crippen LogP contribution is -2.46. The molecule has 2 unspecified atom stereocenters. The van der Waals surface area contributed by atoms with Crippen LogP contribution in [0.2, 0.25) is 5.02 Å². The van der Waals surface area contributed by atoms with Crippen LogP contribution in [0.3, 0.4) is 0 Å². The molecule has 0 saturated carbocycles. The Morgan fingerprint density at radius 1 is 1.16 bits per heavy atom. The second-order valence-electron chi connectivity index (χ2n) is 8.32. The van der Waals surface area contributed by atoms with Crippen molar-refractivity contribution in [1.82, 2.24) is 4.90 Å². The molecule has 7 heteroatoms. The van der Waals surface area contributed by atoms with Crippen molar-refractivity contribution in [2.45, 2.75) is 59.2 Å². The summed E-state index contributed by atoms with van der Waals surface area (Å²) in [5.41, 5.74) is 3.95. The van der Waals surface area contributed by atoms with E-state index in [-0.39, 0.29) is 23.5 Å². The Morgan fingerprint density at radius 3 is 2.26 bits per heavy atom. The Bertz CT molecular complexity index is 1030. The molecule has 1 heterocycles. The molecule has 1 amide bonds. The number of aryl methyl sites for hydroxylation is 3. The Morgan fingerprint density at radius 2 is 1.74 bits per heavy atom. The van der Waals surface area contributed by atoms with Crippen molar-refractivity contribution in [3.63, 3.8) is 0 Å². The number of hydrogen-bond donors (Lipinski definition) is 0. The Balaban J connectivity index is 1.82. The third kappa shape index (κ3) is 5.80. The maximum absolute atomic E-state index is 13.4. The van der Waals surface area contributed by atoms with E-state index in [0.717, 1.165) is 23.1 Å². The molecule has 1 aliphatic heterocycles. The topological polar surface area (TPSA) is 63.7 Å². The molecular formula is C24H30ClNO4S. The maximum Gasteiger partial charge on any atom is 0.263 e. The molecule has 168 valence electrons. The Labute approximate surface area is 190 Å². The van der Waals surface area contributed by atoms with Crippen LogP contribution in [-0.2, 0) is 27.6 Å². The molecule has 1 fully saturated rings. The molecule has 0 spiro atoms. The van der Waals surface area contributed by atoms with Crippen molar-refractivity contribution < 1.29 is 17.9 Å². The molecule has 1 aliphatic rings. The van der Waals surface area contributed by atoms with Crippen LogP contribution in [0.25, 0.3) is 0 Å². The quantitative estimate of drug-likeness (QED) is 0.606. The Kier molecular flexibility index (Phi) is 7.32. The minimum Gasteiger partial charge on any atom is -0.481 e. The number of benzene rings is 2. The highest BCUT2D eigenvalue weighted by molar-refractivity contribution is 7.91. The summed E-state index contributed by atoms with van der Waals surface area (Å²) in [5, 5.41) is 0.680. The smallest absolute Gasteiger partial charge is 0.263 e. The van der Waals surface area contributed by atoms with Gasteiger partial charge >= 0.3 is 0 Å². The summed E-state index contributed by atoms with van der Waals surface area (Å²) >= 11 is 6.24. The van der Waals surface area contributed by atoms with Gasteiger partial charge in [-0.2, -0.15) is 0 Å². The second kappa shape index (κ2) is 9.61. The van der Waals surface area contributed by atoms with Crippen molar-refractivity contribution in [3.8, 4) is 5.75 Å². The standard InChI is InChI=1S/C24H30ClNO4S/c1-5-19-6-8-20(9-7-19)14-26(21-10-11-31(28,29)15-21)24(27)18(4)30-22-12-16(2)23(25)17(3)13-22/h6-9,12-13,18,21H,5,10-11,14-15H2,1-4H3. The summed E-state index contributed by atoms with van der Waals surface area (Å²) in [6.07, 6.45) is 0.639. The predicted octanol–water partition coefficient (Wildman–Crippen LogP) is 4.50. The van der Waals surface area contributed by atoms with Gasteiger partial charge in [0.25, 0.3) is 5.91 Å². The Hall–Kier alpha value is -2.05. The molecule has 0 N–H and O–H groups in total. The average molecular weight is 464 g/mol. The number of carbonyl (C=O) groups excluding carboxylic acids is 1. The van der Waals surface area contributed by atoms with Gasteiger partial charge in [-0.15, -0.1) is 0 Å². The number of halogens is 1. The van der Waals surface area contributed by atoms with Crippen molar-refractivity contribution in [2.24, 2.45) is 0 Å². The van der Waals surface area contributed by atoms with Crippen LogP contribution in [0.4, 0.5) is 0 Å². The van der Waals surface area contributed by atoms with Crippen LogP contribution >= 0.6 is 11.6 Å². The third-order valence-electron chi connectivity index (χ3n) is 5.79. The van der Waals surface area contributed by atoms with Crippen LogP contribution in [0.15, 0.2) is 36.4 Å². The summed E-state index contributed by atoms with van der Waals surface area (Å²) in [4.78, 5) is 15.1. The van der Waals surface area contributed by atoms with Gasteiger partial charge in [0.05, 0.1) is 11.5 Å². The number of hydrogen-bond acceptors (Lipinski definition) is 4. The SMILES string of the molecule is CCc1ccc(CN(C(=O)C(C)Oc2cc(C)c(Cl)c(C)c2)C2CCS(=O)(=O)C2)cc1. The largest absolute Gasteiger partial charge is 0.481 e. The molecule has 0 bridgehead atoms.